The number of fused-ring (bicyclic) bond motifs is 1. The van der Waals surface area contributed by atoms with Crippen molar-refractivity contribution in [3.05, 3.63) is 130 Å². The van der Waals surface area contributed by atoms with Crippen molar-refractivity contribution in [2.24, 2.45) is 12.2 Å². The quantitative estimate of drug-likeness (QED) is 0.128. The van der Waals surface area contributed by atoms with Crippen LogP contribution in [0.1, 0.15) is 28.5 Å². The van der Waals surface area contributed by atoms with Crippen molar-refractivity contribution in [1.29, 1.82) is 5.26 Å². The highest BCUT2D eigenvalue weighted by Gasteiger charge is 2.21. The Bertz CT molecular complexity index is 1630. The van der Waals surface area contributed by atoms with E-state index < -0.39 is 6.10 Å². The summed E-state index contributed by atoms with van der Waals surface area (Å²) in [5.74, 6) is 0. The fourth-order valence-corrected chi connectivity index (χ4v) is 4.37. The summed E-state index contributed by atoms with van der Waals surface area (Å²) in [5.41, 5.74) is 14.4. The number of aryl methyl sites for hydroxylation is 1. The van der Waals surface area contributed by atoms with Crippen molar-refractivity contribution < 1.29 is 4.74 Å². The third-order valence-corrected chi connectivity index (χ3v) is 6.18. The van der Waals surface area contributed by atoms with Crippen LogP contribution in [0.5, 0.6) is 0 Å². The molecule has 0 aliphatic rings. The van der Waals surface area contributed by atoms with E-state index in [9.17, 15) is 5.26 Å². The van der Waals surface area contributed by atoms with E-state index >= 15 is 0 Å². The standard InChI is InChI=1S/C29H22N6O.ClH/c1-35-19-32-17-28(35)29(36-18-20-9-13-24(14-10-20)33-34-31)22-11-12-23(16-30)27(15-22)26-8-4-6-21-5-2-3-7-25(21)26;/h2-15,17,19,29H,18H2,1H3;1H. The molecule has 0 bridgehead atoms. The van der Waals surface area contributed by atoms with Gasteiger partial charge in [0.25, 0.3) is 0 Å². The number of imidazole rings is 1. The Morgan fingerprint density at radius 3 is 2.54 bits per heavy atom. The van der Waals surface area contributed by atoms with E-state index in [1.807, 2.05) is 66.2 Å². The van der Waals surface area contributed by atoms with Gasteiger partial charge in [-0.1, -0.05) is 77.9 Å². The van der Waals surface area contributed by atoms with Gasteiger partial charge in [-0.2, -0.15) is 5.26 Å². The molecule has 0 spiro atoms. The van der Waals surface area contributed by atoms with Gasteiger partial charge in [-0.05, 0) is 45.1 Å². The first-order chi connectivity index (χ1) is 17.7. The van der Waals surface area contributed by atoms with E-state index in [2.05, 4.69) is 39.3 Å². The maximum Gasteiger partial charge on any atom is 0.124 e. The predicted molar refractivity (Wildman–Crippen MR) is 146 cm³/mol. The number of hydrogen-bond acceptors (Lipinski definition) is 4. The Morgan fingerprint density at radius 2 is 1.81 bits per heavy atom. The third kappa shape index (κ3) is 5.32. The van der Waals surface area contributed by atoms with E-state index in [1.165, 1.54) is 0 Å². The minimum atomic E-state index is -0.407. The summed E-state index contributed by atoms with van der Waals surface area (Å²) in [6.07, 6.45) is 3.14. The number of rotatable bonds is 7. The van der Waals surface area contributed by atoms with Gasteiger partial charge in [0.1, 0.15) is 6.10 Å². The molecule has 0 saturated heterocycles. The lowest BCUT2D eigenvalue weighted by atomic mass is 9.92. The monoisotopic (exact) mass is 506 g/mol. The largest absolute Gasteiger partial charge is 0.363 e. The van der Waals surface area contributed by atoms with Gasteiger partial charge in [0.05, 0.1) is 36.5 Å². The summed E-state index contributed by atoms with van der Waals surface area (Å²) < 4.78 is 8.38. The number of halogens is 1. The molecule has 0 radical (unpaired) electrons. The van der Waals surface area contributed by atoms with Crippen LogP contribution < -0.4 is 0 Å². The van der Waals surface area contributed by atoms with Crippen LogP contribution in [-0.4, -0.2) is 9.55 Å². The molecule has 1 heterocycles. The minimum absolute atomic E-state index is 0. The Morgan fingerprint density at radius 1 is 1.03 bits per heavy atom. The molecular formula is C29H23ClN6O. The molecule has 1 atom stereocenters. The number of benzene rings is 4. The summed E-state index contributed by atoms with van der Waals surface area (Å²) in [5, 5.41) is 15.7. The summed E-state index contributed by atoms with van der Waals surface area (Å²) in [6, 6.07) is 29.8. The first-order valence-corrected chi connectivity index (χ1v) is 11.4. The molecule has 5 aromatic rings. The lowest BCUT2D eigenvalue weighted by Crippen LogP contribution is -2.11. The van der Waals surface area contributed by atoms with Crippen LogP contribution in [0.15, 0.2) is 103 Å². The molecule has 1 aromatic heterocycles. The SMILES string of the molecule is Cl.Cn1cncc1C(OCc1ccc(N=[N+]=[N-])cc1)c1ccc(C#N)c(-c2cccc3ccccc23)c1. The van der Waals surface area contributed by atoms with Crippen molar-refractivity contribution in [3.63, 3.8) is 0 Å². The molecule has 8 heteroatoms. The molecule has 0 amide bonds. The van der Waals surface area contributed by atoms with E-state index in [0.717, 1.165) is 38.7 Å². The van der Waals surface area contributed by atoms with Crippen LogP contribution in [0.3, 0.4) is 0 Å². The van der Waals surface area contributed by atoms with Crippen molar-refractivity contribution >= 4 is 28.9 Å². The highest BCUT2D eigenvalue weighted by Crippen LogP contribution is 2.35. The second kappa shape index (κ2) is 11.4. The second-order valence-electron chi connectivity index (χ2n) is 8.42. The number of hydrogen-bond donors (Lipinski definition) is 0. The van der Waals surface area contributed by atoms with Gasteiger partial charge in [-0.25, -0.2) is 4.98 Å². The normalized spacial score (nSPS) is 11.2. The van der Waals surface area contributed by atoms with E-state index in [1.54, 1.807) is 24.7 Å². The van der Waals surface area contributed by atoms with E-state index in [4.69, 9.17) is 10.3 Å². The van der Waals surface area contributed by atoms with Crippen LogP contribution >= 0.6 is 12.4 Å². The molecular weight excluding hydrogens is 484 g/mol. The molecule has 0 aliphatic carbocycles. The maximum absolute atomic E-state index is 9.90. The predicted octanol–water partition coefficient (Wildman–Crippen LogP) is 7.78. The number of nitriles is 1. The Labute approximate surface area is 220 Å². The van der Waals surface area contributed by atoms with Gasteiger partial charge in [-0.3, -0.25) is 0 Å². The lowest BCUT2D eigenvalue weighted by molar-refractivity contribution is 0.0622. The molecule has 0 N–H and O–H groups in total. The van der Waals surface area contributed by atoms with Crippen LogP contribution in [-0.2, 0) is 18.4 Å². The molecule has 37 heavy (non-hydrogen) atoms. The summed E-state index contributed by atoms with van der Waals surface area (Å²) in [4.78, 5) is 7.11. The molecule has 1 unspecified atom stereocenters. The lowest BCUT2D eigenvalue weighted by Gasteiger charge is -2.21. The zero-order valence-electron chi connectivity index (χ0n) is 20.0. The molecule has 0 saturated carbocycles. The van der Waals surface area contributed by atoms with Gasteiger partial charge in [0, 0.05) is 23.2 Å². The highest BCUT2D eigenvalue weighted by atomic mass is 35.5. The average Bonchev–Trinajstić information content (AvgIpc) is 3.35. The molecule has 0 fully saturated rings. The highest BCUT2D eigenvalue weighted by molar-refractivity contribution is 5.97. The molecule has 7 nitrogen and oxygen atoms in total. The Balaban J connectivity index is 0.00000320. The van der Waals surface area contributed by atoms with Crippen LogP contribution in [0.2, 0.25) is 0 Å². The Hall–Kier alpha value is -4.60. The fourth-order valence-electron chi connectivity index (χ4n) is 4.37. The average molecular weight is 507 g/mol. The number of nitrogens with zero attached hydrogens (tertiary/aromatic N) is 6. The Kier molecular flexibility index (Phi) is 7.87. The minimum Gasteiger partial charge on any atom is -0.363 e. The zero-order chi connectivity index (χ0) is 24.9. The van der Waals surface area contributed by atoms with Gasteiger partial charge >= 0.3 is 0 Å². The van der Waals surface area contributed by atoms with Crippen molar-refractivity contribution in [1.82, 2.24) is 9.55 Å². The first kappa shape index (κ1) is 25.5. The van der Waals surface area contributed by atoms with Gasteiger partial charge in [0.2, 0.25) is 0 Å². The molecule has 182 valence electrons. The van der Waals surface area contributed by atoms with Gasteiger partial charge < -0.3 is 9.30 Å². The molecule has 0 aliphatic heterocycles. The van der Waals surface area contributed by atoms with E-state index in [0.29, 0.717) is 17.9 Å². The zero-order valence-corrected chi connectivity index (χ0v) is 20.8. The molecule has 5 rings (SSSR count). The van der Waals surface area contributed by atoms with Crippen molar-refractivity contribution in [2.75, 3.05) is 0 Å². The third-order valence-electron chi connectivity index (χ3n) is 6.18. The fraction of sp³-hybridized carbons (Fsp3) is 0.103. The van der Waals surface area contributed by atoms with Crippen LogP contribution in [0, 0.1) is 11.3 Å². The number of aromatic nitrogens is 2. The summed E-state index contributed by atoms with van der Waals surface area (Å²) in [7, 11) is 1.93. The van der Waals surface area contributed by atoms with Crippen molar-refractivity contribution in [3.8, 4) is 17.2 Å². The maximum atomic E-state index is 9.90. The van der Waals surface area contributed by atoms with E-state index in [-0.39, 0.29) is 12.4 Å². The number of azide groups is 1. The second-order valence-corrected chi connectivity index (χ2v) is 8.42. The topological polar surface area (TPSA) is 99.6 Å². The van der Waals surface area contributed by atoms with Crippen molar-refractivity contribution in [2.45, 2.75) is 12.7 Å². The van der Waals surface area contributed by atoms with Crippen LogP contribution in [0.4, 0.5) is 5.69 Å². The smallest absolute Gasteiger partial charge is 0.124 e. The summed E-state index contributed by atoms with van der Waals surface area (Å²) >= 11 is 0. The van der Waals surface area contributed by atoms with Gasteiger partial charge in [-0.15, -0.1) is 12.4 Å². The molecule has 4 aromatic carbocycles. The van der Waals surface area contributed by atoms with Gasteiger partial charge in [0.15, 0.2) is 0 Å². The van der Waals surface area contributed by atoms with Crippen LogP contribution in [0.25, 0.3) is 32.3 Å². The number of ether oxygens (including phenoxy) is 1. The summed E-state index contributed by atoms with van der Waals surface area (Å²) in [6.45, 7) is 0.343. The first-order valence-electron chi connectivity index (χ1n) is 11.4.